The van der Waals surface area contributed by atoms with Gasteiger partial charge in [-0.05, 0) is 19.1 Å². The standard InChI is InChI=1S/C10H10N2O2/c1-7-3-2-4-9-11-8(5-10(13)14)6-12(7)9/h2-4,6H,5H2,1H3,(H,13,14). The Kier molecular flexibility index (Phi) is 1.96. The number of fused-ring (bicyclic) bond motifs is 1. The number of hydrogen-bond acceptors (Lipinski definition) is 2. The molecule has 14 heavy (non-hydrogen) atoms. The zero-order chi connectivity index (χ0) is 10.1. The second kappa shape index (κ2) is 3.14. The molecule has 0 radical (unpaired) electrons. The Morgan fingerprint density at radius 2 is 2.36 bits per heavy atom. The highest BCUT2D eigenvalue weighted by Crippen LogP contribution is 2.08. The van der Waals surface area contributed by atoms with Crippen molar-refractivity contribution in [1.29, 1.82) is 0 Å². The summed E-state index contributed by atoms with van der Waals surface area (Å²) in [6.45, 7) is 1.96. The largest absolute Gasteiger partial charge is 0.481 e. The molecule has 0 saturated carbocycles. The monoisotopic (exact) mass is 190 g/mol. The SMILES string of the molecule is Cc1cccc2nc(CC(=O)O)cn12. The van der Waals surface area contributed by atoms with Crippen LogP contribution in [-0.4, -0.2) is 20.5 Å². The molecule has 0 unspecified atom stereocenters. The average molecular weight is 190 g/mol. The minimum atomic E-state index is -0.856. The van der Waals surface area contributed by atoms with E-state index >= 15 is 0 Å². The van der Waals surface area contributed by atoms with E-state index in [-0.39, 0.29) is 6.42 Å². The number of nitrogens with zero attached hydrogens (tertiary/aromatic N) is 2. The molecule has 2 rings (SSSR count). The molecule has 4 heteroatoms. The topological polar surface area (TPSA) is 54.6 Å². The van der Waals surface area contributed by atoms with Crippen molar-refractivity contribution in [1.82, 2.24) is 9.38 Å². The van der Waals surface area contributed by atoms with Crippen molar-refractivity contribution >= 4 is 11.6 Å². The van der Waals surface area contributed by atoms with Crippen molar-refractivity contribution < 1.29 is 9.90 Å². The third-order valence-electron chi connectivity index (χ3n) is 2.08. The van der Waals surface area contributed by atoms with Gasteiger partial charge in [-0.3, -0.25) is 4.79 Å². The molecule has 0 aliphatic heterocycles. The van der Waals surface area contributed by atoms with E-state index in [0.717, 1.165) is 11.3 Å². The van der Waals surface area contributed by atoms with Crippen molar-refractivity contribution in [3.8, 4) is 0 Å². The summed E-state index contributed by atoms with van der Waals surface area (Å²) in [5, 5.41) is 8.61. The summed E-state index contributed by atoms with van der Waals surface area (Å²) in [5.74, 6) is -0.856. The van der Waals surface area contributed by atoms with Crippen molar-refractivity contribution in [2.75, 3.05) is 0 Å². The molecule has 2 heterocycles. The average Bonchev–Trinajstić information content (AvgIpc) is 2.47. The van der Waals surface area contributed by atoms with Crippen LogP contribution in [0.25, 0.3) is 5.65 Å². The number of aliphatic carboxylic acids is 1. The smallest absolute Gasteiger partial charge is 0.309 e. The Labute approximate surface area is 80.8 Å². The number of aryl methyl sites for hydroxylation is 1. The third-order valence-corrected chi connectivity index (χ3v) is 2.08. The lowest BCUT2D eigenvalue weighted by Crippen LogP contribution is -1.99. The van der Waals surface area contributed by atoms with Crippen LogP contribution >= 0.6 is 0 Å². The van der Waals surface area contributed by atoms with Gasteiger partial charge < -0.3 is 9.51 Å². The summed E-state index contributed by atoms with van der Waals surface area (Å²) >= 11 is 0. The number of aromatic nitrogens is 2. The van der Waals surface area contributed by atoms with Crippen LogP contribution in [0, 0.1) is 6.92 Å². The lowest BCUT2D eigenvalue weighted by Gasteiger charge is -1.95. The Bertz CT molecular complexity index is 488. The molecular weight excluding hydrogens is 180 g/mol. The molecular formula is C10H10N2O2. The van der Waals surface area contributed by atoms with E-state index in [4.69, 9.17) is 5.11 Å². The van der Waals surface area contributed by atoms with E-state index in [1.165, 1.54) is 0 Å². The van der Waals surface area contributed by atoms with Crippen molar-refractivity contribution in [3.63, 3.8) is 0 Å². The summed E-state index contributed by atoms with van der Waals surface area (Å²) in [6.07, 6.45) is 1.74. The molecule has 0 aliphatic rings. The predicted molar refractivity (Wildman–Crippen MR) is 51.3 cm³/mol. The zero-order valence-electron chi connectivity index (χ0n) is 7.77. The van der Waals surface area contributed by atoms with Crippen molar-refractivity contribution in [2.24, 2.45) is 0 Å². The van der Waals surface area contributed by atoms with Crippen LogP contribution in [-0.2, 0) is 11.2 Å². The molecule has 4 nitrogen and oxygen atoms in total. The van der Waals surface area contributed by atoms with Gasteiger partial charge in [0.2, 0.25) is 0 Å². The van der Waals surface area contributed by atoms with Gasteiger partial charge in [0.05, 0.1) is 12.1 Å². The molecule has 0 atom stereocenters. The Balaban J connectivity index is 2.51. The molecule has 2 aromatic rings. The molecule has 0 spiro atoms. The van der Waals surface area contributed by atoms with E-state index in [9.17, 15) is 4.79 Å². The maximum Gasteiger partial charge on any atom is 0.309 e. The first kappa shape index (κ1) is 8.74. The Hall–Kier alpha value is -1.84. The van der Waals surface area contributed by atoms with Gasteiger partial charge in [0.1, 0.15) is 5.65 Å². The van der Waals surface area contributed by atoms with Gasteiger partial charge in [-0.15, -0.1) is 0 Å². The van der Waals surface area contributed by atoms with Crippen LogP contribution < -0.4 is 0 Å². The highest BCUT2D eigenvalue weighted by molar-refractivity contribution is 5.69. The fraction of sp³-hybridized carbons (Fsp3) is 0.200. The molecule has 0 saturated heterocycles. The molecule has 2 aromatic heterocycles. The first-order valence-electron chi connectivity index (χ1n) is 4.32. The van der Waals surface area contributed by atoms with Crippen molar-refractivity contribution in [3.05, 3.63) is 35.8 Å². The molecule has 0 fully saturated rings. The summed E-state index contributed by atoms with van der Waals surface area (Å²) in [4.78, 5) is 14.7. The zero-order valence-corrected chi connectivity index (χ0v) is 7.77. The molecule has 0 bridgehead atoms. The van der Waals surface area contributed by atoms with Crippen LogP contribution in [0.15, 0.2) is 24.4 Å². The van der Waals surface area contributed by atoms with Crippen molar-refractivity contribution in [2.45, 2.75) is 13.3 Å². The van der Waals surface area contributed by atoms with Gasteiger partial charge in [0.25, 0.3) is 0 Å². The quantitative estimate of drug-likeness (QED) is 0.775. The number of imidazole rings is 1. The second-order valence-electron chi connectivity index (χ2n) is 3.20. The Morgan fingerprint density at radius 1 is 1.57 bits per heavy atom. The normalized spacial score (nSPS) is 10.6. The number of hydrogen-bond donors (Lipinski definition) is 1. The van der Waals surface area contributed by atoms with Crippen LogP contribution in [0.3, 0.4) is 0 Å². The first-order chi connectivity index (χ1) is 6.66. The lowest BCUT2D eigenvalue weighted by molar-refractivity contribution is -0.136. The minimum Gasteiger partial charge on any atom is -0.481 e. The number of carboxylic acid groups (broad SMARTS) is 1. The Morgan fingerprint density at radius 3 is 3.00 bits per heavy atom. The highest BCUT2D eigenvalue weighted by atomic mass is 16.4. The van der Waals surface area contributed by atoms with Crippen LogP contribution in [0.5, 0.6) is 0 Å². The predicted octanol–water partition coefficient (Wildman–Crippen LogP) is 1.27. The molecule has 0 aliphatic carbocycles. The first-order valence-corrected chi connectivity index (χ1v) is 4.32. The molecule has 1 N–H and O–H groups in total. The lowest BCUT2D eigenvalue weighted by atomic mass is 10.3. The van der Waals surface area contributed by atoms with Crippen LogP contribution in [0.4, 0.5) is 0 Å². The van der Waals surface area contributed by atoms with Gasteiger partial charge in [0, 0.05) is 11.9 Å². The summed E-state index contributed by atoms with van der Waals surface area (Å²) < 4.78 is 1.89. The summed E-state index contributed by atoms with van der Waals surface area (Å²) in [6, 6.07) is 5.72. The van der Waals surface area contributed by atoms with Gasteiger partial charge in [-0.2, -0.15) is 0 Å². The van der Waals surface area contributed by atoms with E-state index in [2.05, 4.69) is 4.98 Å². The minimum absolute atomic E-state index is 0.0267. The number of carbonyl (C=O) groups is 1. The van der Waals surface area contributed by atoms with Gasteiger partial charge in [0.15, 0.2) is 0 Å². The van der Waals surface area contributed by atoms with Gasteiger partial charge in [-0.25, -0.2) is 4.98 Å². The van der Waals surface area contributed by atoms with Crippen LogP contribution in [0.2, 0.25) is 0 Å². The van der Waals surface area contributed by atoms with Gasteiger partial charge in [-0.1, -0.05) is 6.07 Å². The molecule has 72 valence electrons. The summed E-state index contributed by atoms with van der Waals surface area (Å²) in [7, 11) is 0. The number of carboxylic acids is 1. The maximum atomic E-state index is 10.5. The van der Waals surface area contributed by atoms with Gasteiger partial charge >= 0.3 is 5.97 Å². The van der Waals surface area contributed by atoms with E-state index in [0.29, 0.717) is 5.69 Å². The maximum absolute atomic E-state index is 10.5. The van der Waals surface area contributed by atoms with E-state index in [1.807, 2.05) is 29.5 Å². The number of rotatable bonds is 2. The fourth-order valence-corrected chi connectivity index (χ4v) is 1.44. The number of pyridine rings is 1. The van der Waals surface area contributed by atoms with Crippen LogP contribution in [0.1, 0.15) is 11.4 Å². The summed E-state index contributed by atoms with van der Waals surface area (Å²) in [5.41, 5.74) is 2.43. The highest BCUT2D eigenvalue weighted by Gasteiger charge is 2.06. The van der Waals surface area contributed by atoms with E-state index < -0.39 is 5.97 Å². The fourth-order valence-electron chi connectivity index (χ4n) is 1.44. The second-order valence-corrected chi connectivity index (χ2v) is 3.20. The third kappa shape index (κ3) is 1.46. The molecule has 0 aromatic carbocycles. The van der Waals surface area contributed by atoms with E-state index in [1.54, 1.807) is 6.20 Å². The molecule has 0 amide bonds.